The van der Waals surface area contributed by atoms with E-state index in [9.17, 15) is 4.79 Å². The third-order valence-corrected chi connectivity index (χ3v) is 5.92. The number of hydrogen-bond acceptors (Lipinski definition) is 2. The Labute approximate surface area is 217 Å². The van der Waals surface area contributed by atoms with Gasteiger partial charge in [0, 0.05) is 26.4 Å². The van der Waals surface area contributed by atoms with E-state index in [4.69, 9.17) is 27.5 Å². The van der Waals surface area contributed by atoms with Gasteiger partial charge in [-0.3, -0.25) is 0 Å². The maximum atomic E-state index is 12.7. The monoisotopic (exact) mass is 654 g/mol. The molecule has 1 unspecified atom stereocenters. The van der Waals surface area contributed by atoms with E-state index in [0.717, 1.165) is 21.7 Å². The maximum Gasteiger partial charge on any atom is 0 e. The molecule has 0 saturated carbocycles. The van der Waals surface area contributed by atoms with Gasteiger partial charge in [-0.25, -0.2) is 4.79 Å². The predicted molar refractivity (Wildman–Crippen MR) is 120 cm³/mol. The Morgan fingerprint density at radius 1 is 0.543 bits per heavy atom. The first-order valence-electron chi connectivity index (χ1n) is 8.79. The summed E-state index contributed by atoms with van der Waals surface area (Å²) < 4.78 is 43.3. The van der Waals surface area contributed by atoms with Gasteiger partial charge in [0.1, 0.15) is 0 Å². The van der Waals surface area contributed by atoms with Gasteiger partial charge in [-0.05, 0) is 23.3 Å². The zero-order chi connectivity index (χ0) is 26.4. The standard InChI is InChI=1S/C21H15O2P.5CO.W/c22-21-19(16-10-4-1-5-11-16)20(17-12-6-2-7-13-17)24(23-21)18-14-8-3-9-15-18;5*1-2;/h1-15H;;;;;;. The summed E-state index contributed by atoms with van der Waals surface area (Å²) in [6.07, 6.45) is 0. The van der Waals surface area contributed by atoms with Crippen molar-refractivity contribution in [1.82, 2.24) is 0 Å². The third kappa shape index (κ3) is 10.6. The molecule has 0 aliphatic heterocycles. The Morgan fingerprint density at radius 2 is 0.886 bits per heavy atom. The van der Waals surface area contributed by atoms with Gasteiger partial charge in [-0.1, -0.05) is 78.9 Å². The van der Waals surface area contributed by atoms with Gasteiger partial charge in [0.05, 0.1) is 18.6 Å². The van der Waals surface area contributed by atoms with Crippen LogP contribution < -0.4 is 5.63 Å². The first kappa shape index (κ1) is 36.1. The van der Waals surface area contributed by atoms with E-state index in [2.05, 4.69) is 33.3 Å². The summed E-state index contributed by atoms with van der Waals surface area (Å²) in [5.41, 5.74) is 2.38. The SMILES string of the molecule is O=c1op(-c2ccccc2)c(-c2ccccc2)c1-c1ccccc1.[C-]#[O+].[C-]#[O+].[C-]#[O+].[C-]#[O+].[C-]#[O+].[W]. The first-order valence-corrected chi connectivity index (χ1v) is 10.1. The molecule has 9 heteroatoms. The van der Waals surface area contributed by atoms with Crippen LogP contribution in [0.3, 0.4) is 0 Å². The minimum Gasteiger partial charge on any atom is 0 e. The van der Waals surface area contributed by atoms with Crippen molar-refractivity contribution < 1.29 is 48.5 Å². The second kappa shape index (κ2) is 23.7. The fourth-order valence-corrected chi connectivity index (χ4v) is 4.80. The van der Waals surface area contributed by atoms with Gasteiger partial charge in [0.25, 0.3) is 0 Å². The Hall–Kier alpha value is -3.44. The predicted octanol–water partition coefficient (Wildman–Crippen LogP) is 5.76. The van der Waals surface area contributed by atoms with E-state index >= 15 is 0 Å². The molecule has 3 aromatic carbocycles. The maximum absolute atomic E-state index is 12.7. The van der Waals surface area contributed by atoms with Gasteiger partial charge in [0.15, 0.2) is 0 Å². The molecule has 0 radical (unpaired) electrons. The van der Waals surface area contributed by atoms with E-state index in [1.54, 1.807) is 0 Å². The smallest absolute Gasteiger partial charge is 0 e. The largest absolute Gasteiger partial charge is 0 e. The molecule has 0 N–H and O–H groups in total. The summed E-state index contributed by atoms with van der Waals surface area (Å²) >= 11 is 0. The van der Waals surface area contributed by atoms with E-state index < -0.39 is 7.77 Å². The topological polar surface area (TPSA) is 130 Å². The zero-order valence-corrected chi connectivity index (χ0v) is 21.7. The molecular weight excluding hydrogens is 639 g/mol. The van der Waals surface area contributed by atoms with E-state index in [-0.39, 0.29) is 26.7 Å². The molecular formula is C26H15O7PW. The minimum absolute atomic E-state index is 0. The van der Waals surface area contributed by atoms with Crippen molar-refractivity contribution in [1.29, 1.82) is 0 Å². The van der Waals surface area contributed by atoms with Crippen LogP contribution in [0, 0.1) is 33.3 Å². The molecule has 0 amide bonds. The normalized spacial score (nSPS) is 8.11. The van der Waals surface area contributed by atoms with Crippen LogP contribution in [-0.4, -0.2) is 0 Å². The Bertz CT molecular complexity index is 1200. The van der Waals surface area contributed by atoms with Crippen LogP contribution in [0.25, 0.3) is 27.3 Å². The molecule has 0 saturated heterocycles. The quantitative estimate of drug-likeness (QED) is 0.206. The van der Waals surface area contributed by atoms with E-state index in [1.165, 1.54) is 0 Å². The molecule has 35 heavy (non-hydrogen) atoms. The van der Waals surface area contributed by atoms with Crippen molar-refractivity contribution >= 4 is 7.77 Å². The molecule has 0 aliphatic carbocycles. The number of benzene rings is 3. The second-order valence-corrected chi connectivity index (χ2v) is 7.20. The van der Waals surface area contributed by atoms with Gasteiger partial charge in [-0.2, -0.15) is 0 Å². The minimum atomic E-state index is -1.15. The molecule has 7 nitrogen and oxygen atoms in total. The Balaban J connectivity index is -0.000000834. The molecule has 1 atom stereocenters. The molecule has 0 fully saturated rings. The third-order valence-electron chi connectivity index (χ3n) is 3.92. The van der Waals surface area contributed by atoms with Crippen molar-refractivity contribution in [2.24, 2.45) is 0 Å². The molecule has 4 aromatic rings. The van der Waals surface area contributed by atoms with Gasteiger partial charge >= 0.3 is 62.1 Å². The summed E-state index contributed by atoms with van der Waals surface area (Å²) in [5, 5.41) is 2.04. The molecule has 1 heterocycles. The number of hydrogen-bond donors (Lipinski definition) is 0. The summed E-state index contributed by atoms with van der Waals surface area (Å²) in [6, 6.07) is 29.8. The van der Waals surface area contributed by atoms with Crippen LogP contribution >= 0.6 is 7.77 Å². The molecule has 1 aromatic heterocycles. The first-order chi connectivity index (χ1) is 16.8. The van der Waals surface area contributed by atoms with Crippen molar-refractivity contribution in [3.8, 4) is 27.3 Å². The van der Waals surface area contributed by atoms with Crippen molar-refractivity contribution in [3.05, 3.63) is 135 Å². The van der Waals surface area contributed by atoms with Crippen LogP contribution in [0.1, 0.15) is 0 Å². The van der Waals surface area contributed by atoms with Crippen LogP contribution in [0.5, 0.6) is 0 Å². The molecule has 0 bridgehead atoms. The van der Waals surface area contributed by atoms with Crippen molar-refractivity contribution in [3.63, 3.8) is 0 Å². The van der Waals surface area contributed by atoms with Crippen LogP contribution in [0.2, 0.25) is 0 Å². The zero-order valence-electron chi connectivity index (χ0n) is 17.9. The Morgan fingerprint density at radius 3 is 1.29 bits per heavy atom. The van der Waals surface area contributed by atoms with Gasteiger partial charge in [-0.15, -0.1) is 0 Å². The summed E-state index contributed by atoms with van der Waals surface area (Å²) in [6.45, 7) is 22.5. The van der Waals surface area contributed by atoms with Gasteiger partial charge in [0.2, 0.25) is 0 Å². The van der Waals surface area contributed by atoms with E-state index in [1.807, 2.05) is 91.0 Å². The van der Waals surface area contributed by atoms with Crippen molar-refractivity contribution in [2.75, 3.05) is 0 Å². The molecule has 0 spiro atoms. The molecule has 172 valence electrons. The summed E-state index contributed by atoms with van der Waals surface area (Å²) in [4.78, 5) is 12.7. The average Bonchev–Trinajstić information content (AvgIpc) is 3.32. The fraction of sp³-hybridized carbons (Fsp3) is 0. The summed E-state index contributed by atoms with van der Waals surface area (Å²) in [5.74, 6) is 0. The summed E-state index contributed by atoms with van der Waals surface area (Å²) in [7, 11) is -1.15. The molecule has 0 aliphatic rings. The van der Waals surface area contributed by atoms with Crippen LogP contribution in [0.4, 0.5) is 0 Å². The van der Waals surface area contributed by atoms with E-state index in [0.29, 0.717) is 5.56 Å². The number of rotatable bonds is 3. The van der Waals surface area contributed by atoms with Gasteiger partial charge < -0.3 is 4.20 Å². The van der Waals surface area contributed by atoms with Crippen LogP contribution in [0.15, 0.2) is 100.0 Å². The Kier molecular flexibility index (Phi) is 24.5. The van der Waals surface area contributed by atoms with Crippen molar-refractivity contribution in [2.45, 2.75) is 0 Å². The van der Waals surface area contributed by atoms with Crippen LogP contribution in [-0.2, 0) is 44.3 Å². The fourth-order valence-electron chi connectivity index (χ4n) is 2.83. The second-order valence-electron chi connectivity index (χ2n) is 5.46. The average molecular weight is 654 g/mol. The molecule has 4 rings (SSSR count).